The smallest absolute Gasteiger partial charge is 0.384 e. The highest BCUT2D eigenvalue weighted by Crippen LogP contribution is 2.33. The van der Waals surface area contributed by atoms with Crippen LogP contribution in [0.3, 0.4) is 0 Å². The Morgan fingerprint density at radius 1 is 1.03 bits per heavy atom. The zero-order valence-corrected chi connectivity index (χ0v) is 15.8. The molecule has 4 rings (SSSR count). The van der Waals surface area contributed by atoms with Crippen molar-refractivity contribution >= 4 is 16.6 Å². The Morgan fingerprint density at radius 3 is 2.45 bits per heavy atom. The van der Waals surface area contributed by atoms with Crippen molar-refractivity contribution in [3.8, 4) is 11.3 Å². The van der Waals surface area contributed by atoms with Crippen molar-refractivity contribution in [2.24, 2.45) is 5.92 Å². The van der Waals surface area contributed by atoms with Gasteiger partial charge in [-0.2, -0.15) is 13.2 Å². The molecular weight excluding hydrogens is 381 g/mol. The van der Waals surface area contributed by atoms with Crippen molar-refractivity contribution < 1.29 is 17.9 Å². The average Bonchev–Trinajstić information content (AvgIpc) is 3.15. The molecule has 0 saturated carbocycles. The maximum atomic E-state index is 12.9. The topological polar surface area (TPSA) is 59.1 Å². The second kappa shape index (κ2) is 7.96. The Hall–Kier alpha value is -2.71. The lowest BCUT2D eigenvalue weighted by Crippen LogP contribution is -2.31. The van der Waals surface area contributed by atoms with Crippen molar-refractivity contribution in [1.82, 2.24) is 15.5 Å². The summed E-state index contributed by atoms with van der Waals surface area (Å²) in [7, 11) is 1.68. The molecule has 1 saturated heterocycles. The fourth-order valence-electron chi connectivity index (χ4n) is 3.71. The van der Waals surface area contributed by atoms with Crippen LogP contribution in [0.5, 0.6) is 0 Å². The molecule has 5 nitrogen and oxygen atoms in total. The van der Waals surface area contributed by atoms with Gasteiger partial charge in [-0.1, -0.05) is 36.4 Å². The molecule has 152 valence electrons. The monoisotopic (exact) mass is 402 g/mol. The van der Waals surface area contributed by atoms with Crippen LogP contribution >= 0.6 is 0 Å². The highest BCUT2D eigenvalue weighted by molar-refractivity contribution is 6.00. The molecule has 2 aromatic carbocycles. The van der Waals surface area contributed by atoms with Gasteiger partial charge in [0, 0.05) is 48.5 Å². The molecule has 8 heteroatoms. The number of fused-ring (bicyclic) bond motifs is 1. The van der Waals surface area contributed by atoms with Crippen LogP contribution in [0.15, 0.2) is 48.5 Å². The number of ether oxygens (including phenoxy) is 1. The predicted molar refractivity (Wildman–Crippen MR) is 106 cm³/mol. The minimum Gasteiger partial charge on any atom is -0.384 e. The van der Waals surface area contributed by atoms with Gasteiger partial charge in [-0.25, -0.2) is 0 Å². The average molecular weight is 402 g/mol. The minimum atomic E-state index is -4.37. The van der Waals surface area contributed by atoms with Gasteiger partial charge in [0.1, 0.15) is 5.69 Å². The van der Waals surface area contributed by atoms with E-state index in [0.29, 0.717) is 29.6 Å². The highest BCUT2D eigenvalue weighted by Gasteiger charge is 2.30. The minimum absolute atomic E-state index is 0.157. The number of nitrogens with one attached hydrogen (secondary N) is 2. The second-order valence-corrected chi connectivity index (χ2v) is 7.14. The number of hydrogen-bond donors (Lipinski definition) is 2. The lowest BCUT2D eigenvalue weighted by Gasteiger charge is -2.21. The van der Waals surface area contributed by atoms with Crippen molar-refractivity contribution in [3.05, 3.63) is 54.1 Å². The number of rotatable bonds is 5. The van der Waals surface area contributed by atoms with E-state index in [-0.39, 0.29) is 6.04 Å². The van der Waals surface area contributed by atoms with Gasteiger partial charge < -0.3 is 15.4 Å². The Balaban J connectivity index is 1.69. The summed E-state index contributed by atoms with van der Waals surface area (Å²) in [5.74, 6) is 0.973. The van der Waals surface area contributed by atoms with Crippen LogP contribution in [-0.2, 0) is 10.9 Å². The molecule has 0 bridgehead atoms. The van der Waals surface area contributed by atoms with Crippen LogP contribution in [-0.4, -0.2) is 43.0 Å². The Morgan fingerprint density at radius 2 is 1.76 bits per heavy atom. The number of halogens is 3. The molecule has 0 spiro atoms. The van der Waals surface area contributed by atoms with E-state index >= 15 is 0 Å². The lowest BCUT2D eigenvalue weighted by molar-refractivity contribution is -0.137. The zero-order valence-electron chi connectivity index (χ0n) is 15.8. The molecule has 0 amide bonds. The van der Waals surface area contributed by atoms with Crippen molar-refractivity contribution in [2.75, 3.05) is 32.1 Å². The van der Waals surface area contributed by atoms with Gasteiger partial charge in [-0.3, -0.25) is 0 Å². The molecule has 0 aliphatic carbocycles. The van der Waals surface area contributed by atoms with Crippen LogP contribution in [0, 0.1) is 5.92 Å². The molecule has 2 atom stereocenters. The first kappa shape index (κ1) is 19.6. The first-order chi connectivity index (χ1) is 14.0. The lowest BCUT2D eigenvalue weighted by atomic mass is 10.0. The Kier molecular flexibility index (Phi) is 5.38. The van der Waals surface area contributed by atoms with E-state index in [1.165, 1.54) is 12.1 Å². The van der Waals surface area contributed by atoms with Crippen LogP contribution in [0.4, 0.5) is 19.0 Å². The summed E-state index contributed by atoms with van der Waals surface area (Å²) in [5, 5.41) is 17.2. The number of alkyl halides is 3. The SMILES string of the molecule is COC[C@@H]1CNC[C@H]1Nc1nnc(-c2ccc(C(F)(F)F)cc2)c2ccccc12. The molecule has 29 heavy (non-hydrogen) atoms. The zero-order chi connectivity index (χ0) is 20.4. The summed E-state index contributed by atoms with van der Waals surface area (Å²) >= 11 is 0. The molecular formula is C21H21F3N4O. The van der Waals surface area contributed by atoms with E-state index in [0.717, 1.165) is 36.0 Å². The number of methoxy groups -OCH3 is 1. The second-order valence-electron chi connectivity index (χ2n) is 7.14. The quantitative estimate of drug-likeness (QED) is 0.677. The Bertz CT molecular complexity index is 991. The number of aromatic nitrogens is 2. The molecule has 1 aromatic heterocycles. The van der Waals surface area contributed by atoms with Crippen LogP contribution < -0.4 is 10.6 Å². The van der Waals surface area contributed by atoms with Crippen LogP contribution in [0.1, 0.15) is 5.56 Å². The third-order valence-electron chi connectivity index (χ3n) is 5.22. The fraction of sp³-hybridized carbons (Fsp3) is 0.333. The van der Waals surface area contributed by atoms with Gasteiger partial charge in [-0.05, 0) is 12.1 Å². The predicted octanol–water partition coefficient (Wildman–Crippen LogP) is 3.96. The molecule has 0 unspecified atom stereocenters. The van der Waals surface area contributed by atoms with E-state index in [1.54, 1.807) is 7.11 Å². The van der Waals surface area contributed by atoms with E-state index in [4.69, 9.17) is 4.74 Å². The summed E-state index contributed by atoms with van der Waals surface area (Å²) in [4.78, 5) is 0. The number of benzene rings is 2. The molecule has 0 radical (unpaired) electrons. The molecule has 2 N–H and O–H groups in total. The summed E-state index contributed by atoms with van der Waals surface area (Å²) in [6.45, 7) is 2.30. The first-order valence-electron chi connectivity index (χ1n) is 9.36. The normalized spacial score (nSPS) is 19.6. The van der Waals surface area contributed by atoms with Crippen LogP contribution in [0.2, 0.25) is 0 Å². The summed E-state index contributed by atoms with van der Waals surface area (Å²) in [6.07, 6.45) is -4.37. The van der Waals surface area contributed by atoms with E-state index in [9.17, 15) is 13.2 Å². The molecule has 1 aliphatic rings. The van der Waals surface area contributed by atoms with Gasteiger partial charge in [0.15, 0.2) is 5.82 Å². The van der Waals surface area contributed by atoms with E-state index < -0.39 is 11.7 Å². The third-order valence-corrected chi connectivity index (χ3v) is 5.22. The van der Waals surface area contributed by atoms with Crippen LogP contribution in [0.25, 0.3) is 22.0 Å². The first-order valence-corrected chi connectivity index (χ1v) is 9.36. The van der Waals surface area contributed by atoms with Gasteiger partial charge in [0.25, 0.3) is 0 Å². The van der Waals surface area contributed by atoms with E-state index in [1.807, 2.05) is 24.3 Å². The van der Waals surface area contributed by atoms with E-state index in [2.05, 4.69) is 20.8 Å². The molecule has 1 fully saturated rings. The molecule has 1 aliphatic heterocycles. The summed E-state index contributed by atoms with van der Waals surface area (Å²) in [5.41, 5.74) is 0.459. The molecule has 2 heterocycles. The van der Waals surface area contributed by atoms with Gasteiger partial charge in [0.05, 0.1) is 12.2 Å². The van der Waals surface area contributed by atoms with Crippen molar-refractivity contribution in [2.45, 2.75) is 12.2 Å². The maximum absolute atomic E-state index is 12.9. The number of anilines is 1. The third kappa shape index (κ3) is 4.04. The summed E-state index contributed by atoms with van der Waals surface area (Å²) in [6, 6.07) is 12.8. The Labute approximate surface area is 166 Å². The fourth-order valence-corrected chi connectivity index (χ4v) is 3.71. The van der Waals surface area contributed by atoms with Crippen molar-refractivity contribution in [1.29, 1.82) is 0 Å². The van der Waals surface area contributed by atoms with Crippen molar-refractivity contribution in [3.63, 3.8) is 0 Å². The maximum Gasteiger partial charge on any atom is 0.416 e. The number of hydrogen-bond acceptors (Lipinski definition) is 5. The highest BCUT2D eigenvalue weighted by atomic mass is 19.4. The largest absolute Gasteiger partial charge is 0.416 e. The number of nitrogens with zero attached hydrogens (tertiary/aromatic N) is 2. The summed E-state index contributed by atoms with van der Waals surface area (Å²) < 4.78 is 43.9. The standard InChI is InChI=1S/C21H21F3N4O/c1-29-12-14-10-25-11-18(14)26-20-17-5-3-2-4-16(17)19(27-28-20)13-6-8-15(9-7-13)21(22,23)24/h2-9,14,18,25H,10-12H2,1H3,(H,26,28)/t14-,18+/m0/s1. The molecule has 3 aromatic rings. The van der Waals surface area contributed by atoms with Gasteiger partial charge in [-0.15, -0.1) is 10.2 Å². The van der Waals surface area contributed by atoms with Gasteiger partial charge in [0.2, 0.25) is 0 Å². The van der Waals surface area contributed by atoms with Gasteiger partial charge >= 0.3 is 6.18 Å².